The molecule has 0 saturated carbocycles. The van der Waals surface area contributed by atoms with E-state index in [1.54, 1.807) is 17.6 Å². The second kappa shape index (κ2) is 7.69. The molecule has 3 rings (SSSR count). The maximum absolute atomic E-state index is 12.2. The fourth-order valence-electron chi connectivity index (χ4n) is 2.37. The third-order valence-corrected chi connectivity index (χ3v) is 4.23. The van der Waals surface area contributed by atoms with E-state index in [9.17, 15) is 4.79 Å². The van der Waals surface area contributed by atoms with E-state index in [4.69, 9.17) is 19.0 Å². The smallest absolute Gasteiger partial charge is 0.287 e. The van der Waals surface area contributed by atoms with Crippen molar-refractivity contribution in [1.29, 1.82) is 0 Å². The summed E-state index contributed by atoms with van der Waals surface area (Å²) in [5.74, 6) is 0.219. The molecule has 124 valence electrons. The number of furan rings is 1. The van der Waals surface area contributed by atoms with Crippen LogP contribution in [-0.2, 0) is 22.7 Å². The summed E-state index contributed by atoms with van der Waals surface area (Å²) in [4.78, 5) is 16.4. The number of ether oxygens (including phenoxy) is 2. The second-order valence-electron chi connectivity index (χ2n) is 5.20. The highest BCUT2D eigenvalue weighted by Crippen LogP contribution is 2.16. The number of rotatable bonds is 6. The Morgan fingerprint density at radius 3 is 3.17 bits per heavy atom. The van der Waals surface area contributed by atoms with Crippen LogP contribution in [0.4, 0.5) is 0 Å². The van der Waals surface area contributed by atoms with Gasteiger partial charge in [-0.25, -0.2) is 4.98 Å². The lowest BCUT2D eigenvalue weighted by atomic mass is 10.1. The zero-order chi connectivity index (χ0) is 16.1. The number of amides is 1. The Hall–Kier alpha value is -1.74. The molecule has 23 heavy (non-hydrogen) atoms. The third kappa shape index (κ3) is 4.17. The number of carbonyl (C=O) groups excluding carboxylic acids is 1. The van der Waals surface area contributed by atoms with E-state index < -0.39 is 0 Å². The molecule has 2 atom stereocenters. The summed E-state index contributed by atoms with van der Waals surface area (Å²) in [6, 6.07) is 2.97. The fraction of sp³-hybridized carbons (Fsp3) is 0.467. The first-order valence-electron chi connectivity index (χ1n) is 7.33. The molecule has 0 aromatic carbocycles. The highest BCUT2D eigenvalue weighted by atomic mass is 32.1. The molecule has 2 aromatic heterocycles. The van der Waals surface area contributed by atoms with Gasteiger partial charge in [0.25, 0.3) is 5.91 Å². The molecular formula is C15H18N2O5S. The Morgan fingerprint density at radius 2 is 2.43 bits per heavy atom. The van der Waals surface area contributed by atoms with Crippen LogP contribution in [0.3, 0.4) is 0 Å². The summed E-state index contributed by atoms with van der Waals surface area (Å²) in [6.45, 7) is 1.15. The largest absolute Gasteiger partial charge is 0.453 e. The zero-order valence-corrected chi connectivity index (χ0v) is 13.3. The van der Waals surface area contributed by atoms with E-state index >= 15 is 0 Å². The van der Waals surface area contributed by atoms with Crippen LogP contribution in [0.1, 0.15) is 28.4 Å². The summed E-state index contributed by atoms with van der Waals surface area (Å²) < 4.78 is 16.5. The molecule has 1 saturated heterocycles. The topological polar surface area (TPSA) is 93.8 Å². The average Bonchev–Trinajstić information content (AvgIpc) is 3.25. The number of thiazole rings is 1. The molecule has 0 unspecified atom stereocenters. The minimum Gasteiger partial charge on any atom is -0.453 e. The van der Waals surface area contributed by atoms with Gasteiger partial charge in [0.15, 0.2) is 5.76 Å². The molecule has 0 aliphatic carbocycles. The standard InChI is InChI=1S/C15H18N2O5S/c18-5-11-1-2-13(22-11)15(19)17-12-3-4-20-7-14(12)21-6-10-8-23-9-16-10/h1-2,8-9,12,14,18H,3-7H2,(H,17,19)/t12-,14-/m1/s1. The van der Waals surface area contributed by atoms with Crippen LogP contribution in [0.25, 0.3) is 0 Å². The van der Waals surface area contributed by atoms with Crippen molar-refractivity contribution in [2.45, 2.75) is 31.8 Å². The van der Waals surface area contributed by atoms with Crippen LogP contribution in [0.5, 0.6) is 0 Å². The molecule has 3 heterocycles. The van der Waals surface area contributed by atoms with Gasteiger partial charge in [0.2, 0.25) is 0 Å². The Kier molecular flexibility index (Phi) is 5.39. The van der Waals surface area contributed by atoms with Gasteiger partial charge in [0, 0.05) is 12.0 Å². The molecule has 7 nitrogen and oxygen atoms in total. The van der Waals surface area contributed by atoms with Crippen LogP contribution in [0.15, 0.2) is 27.4 Å². The van der Waals surface area contributed by atoms with Gasteiger partial charge in [0.05, 0.1) is 30.5 Å². The number of hydrogen-bond acceptors (Lipinski definition) is 7. The number of nitrogens with one attached hydrogen (secondary N) is 1. The number of carbonyl (C=O) groups is 1. The zero-order valence-electron chi connectivity index (χ0n) is 12.4. The molecule has 0 bridgehead atoms. The van der Waals surface area contributed by atoms with E-state index in [1.807, 2.05) is 5.38 Å². The van der Waals surface area contributed by atoms with Crippen molar-refractivity contribution < 1.29 is 23.8 Å². The monoisotopic (exact) mass is 338 g/mol. The first-order chi connectivity index (χ1) is 11.3. The van der Waals surface area contributed by atoms with Crippen LogP contribution >= 0.6 is 11.3 Å². The van der Waals surface area contributed by atoms with Crippen molar-refractivity contribution >= 4 is 17.2 Å². The quantitative estimate of drug-likeness (QED) is 0.825. The molecule has 1 fully saturated rings. The van der Waals surface area contributed by atoms with Crippen molar-refractivity contribution in [2.24, 2.45) is 0 Å². The lowest BCUT2D eigenvalue weighted by Crippen LogP contribution is -2.49. The van der Waals surface area contributed by atoms with Crippen LogP contribution in [0, 0.1) is 0 Å². The Balaban J connectivity index is 1.58. The van der Waals surface area contributed by atoms with Gasteiger partial charge in [-0.05, 0) is 18.6 Å². The van der Waals surface area contributed by atoms with Crippen LogP contribution in [0.2, 0.25) is 0 Å². The molecule has 2 aromatic rings. The van der Waals surface area contributed by atoms with Crippen molar-refractivity contribution in [2.75, 3.05) is 13.2 Å². The summed E-state index contributed by atoms with van der Waals surface area (Å²) in [5, 5.41) is 13.8. The first kappa shape index (κ1) is 16.1. The lowest BCUT2D eigenvalue weighted by Gasteiger charge is -2.31. The summed E-state index contributed by atoms with van der Waals surface area (Å²) >= 11 is 1.51. The average molecular weight is 338 g/mol. The number of aliphatic hydroxyl groups is 1. The second-order valence-corrected chi connectivity index (χ2v) is 5.92. The molecule has 0 spiro atoms. The summed E-state index contributed by atoms with van der Waals surface area (Å²) in [7, 11) is 0. The molecule has 0 radical (unpaired) electrons. The fourth-order valence-corrected chi connectivity index (χ4v) is 2.91. The van der Waals surface area contributed by atoms with Gasteiger partial charge in [-0.2, -0.15) is 0 Å². The highest BCUT2D eigenvalue weighted by Gasteiger charge is 2.29. The van der Waals surface area contributed by atoms with Crippen molar-refractivity contribution in [1.82, 2.24) is 10.3 Å². The van der Waals surface area contributed by atoms with E-state index in [0.29, 0.717) is 32.0 Å². The van der Waals surface area contributed by atoms with E-state index in [0.717, 1.165) is 5.69 Å². The van der Waals surface area contributed by atoms with Gasteiger partial charge in [-0.3, -0.25) is 4.79 Å². The summed E-state index contributed by atoms with van der Waals surface area (Å²) in [5.41, 5.74) is 2.62. The predicted octanol–water partition coefficient (Wildman–Crippen LogP) is 1.33. The molecule has 2 N–H and O–H groups in total. The Labute approximate surface area is 137 Å². The maximum Gasteiger partial charge on any atom is 0.287 e. The van der Waals surface area contributed by atoms with Gasteiger partial charge in [-0.15, -0.1) is 11.3 Å². The lowest BCUT2D eigenvalue weighted by molar-refractivity contribution is -0.0743. The number of nitrogens with zero attached hydrogens (tertiary/aromatic N) is 1. The molecule has 1 amide bonds. The van der Waals surface area contributed by atoms with Gasteiger partial charge in [0.1, 0.15) is 18.5 Å². The number of hydrogen-bond donors (Lipinski definition) is 2. The maximum atomic E-state index is 12.2. The van der Waals surface area contributed by atoms with Gasteiger partial charge in [-0.1, -0.05) is 0 Å². The Bertz CT molecular complexity index is 628. The number of aromatic nitrogens is 1. The van der Waals surface area contributed by atoms with E-state index in [2.05, 4.69) is 10.3 Å². The van der Waals surface area contributed by atoms with Crippen LogP contribution < -0.4 is 5.32 Å². The first-order valence-corrected chi connectivity index (χ1v) is 8.27. The molecule has 1 aliphatic rings. The third-order valence-electron chi connectivity index (χ3n) is 3.59. The molecule has 1 aliphatic heterocycles. The minimum absolute atomic E-state index is 0.155. The van der Waals surface area contributed by atoms with E-state index in [-0.39, 0.29) is 30.4 Å². The Morgan fingerprint density at radius 1 is 1.52 bits per heavy atom. The van der Waals surface area contributed by atoms with Gasteiger partial charge >= 0.3 is 0 Å². The SMILES string of the molecule is O=C(N[C@@H]1CCOC[C@H]1OCc1cscn1)c1ccc(CO)o1. The minimum atomic E-state index is -0.321. The normalized spacial score (nSPS) is 21.3. The molecular weight excluding hydrogens is 320 g/mol. The molecule has 8 heteroatoms. The predicted molar refractivity (Wildman–Crippen MR) is 82.0 cm³/mol. The van der Waals surface area contributed by atoms with Crippen molar-refractivity contribution in [3.63, 3.8) is 0 Å². The number of aliphatic hydroxyl groups excluding tert-OH is 1. The summed E-state index contributed by atoms with van der Waals surface area (Å²) in [6.07, 6.45) is 0.433. The highest BCUT2D eigenvalue weighted by molar-refractivity contribution is 7.07. The van der Waals surface area contributed by atoms with Crippen molar-refractivity contribution in [3.8, 4) is 0 Å². The van der Waals surface area contributed by atoms with Crippen molar-refractivity contribution in [3.05, 3.63) is 40.2 Å². The van der Waals surface area contributed by atoms with Crippen LogP contribution in [-0.4, -0.2) is 41.4 Å². The van der Waals surface area contributed by atoms with E-state index in [1.165, 1.54) is 11.3 Å². The van der Waals surface area contributed by atoms with Gasteiger partial charge < -0.3 is 24.3 Å².